The first-order chi connectivity index (χ1) is 18.6. The number of unbranched alkanes of at least 4 members (excludes halogenated alkanes) is 1. The molecule has 3 atom stereocenters. The first-order valence-electron chi connectivity index (χ1n) is 14.4. The van der Waals surface area contributed by atoms with Crippen molar-refractivity contribution in [2.45, 2.75) is 71.9 Å². The van der Waals surface area contributed by atoms with Gasteiger partial charge in [0.1, 0.15) is 5.75 Å². The maximum atomic E-state index is 13.0. The molecule has 1 heterocycles. The van der Waals surface area contributed by atoms with E-state index in [1.165, 1.54) is 0 Å². The number of ether oxygens (including phenoxy) is 3. The van der Waals surface area contributed by atoms with Gasteiger partial charge in [-0.25, -0.2) is 0 Å². The Kier molecular flexibility index (Phi) is 14.2. The molecule has 2 amide bonds. The minimum Gasteiger partial charge on any atom is -0.493 e. The van der Waals surface area contributed by atoms with Crippen molar-refractivity contribution in [2.24, 2.45) is 28.9 Å². The predicted molar refractivity (Wildman–Crippen MR) is 153 cm³/mol. The molecule has 5 N–H and O–H groups in total. The molecule has 0 radical (unpaired) electrons. The molecule has 1 aromatic carbocycles. The van der Waals surface area contributed by atoms with Gasteiger partial charge >= 0.3 is 0 Å². The van der Waals surface area contributed by atoms with Crippen molar-refractivity contribution in [1.82, 2.24) is 10.6 Å². The first-order valence-corrected chi connectivity index (χ1v) is 14.4. The molecule has 0 unspecified atom stereocenters. The molecule has 222 valence electrons. The number of nitrogens with two attached hydrogens (primary N) is 1. The summed E-state index contributed by atoms with van der Waals surface area (Å²) in [6.07, 6.45) is 3.07. The van der Waals surface area contributed by atoms with Crippen LogP contribution in [0, 0.1) is 23.2 Å². The van der Waals surface area contributed by atoms with Crippen LogP contribution >= 0.6 is 0 Å². The summed E-state index contributed by atoms with van der Waals surface area (Å²) < 4.78 is 16.3. The third kappa shape index (κ3) is 10.7. The number of aliphatic hydroxyl groups is 1. The number of carbonyl (C=O) groups excluding carboxylic acids is 2. The second kappa shape index (κ2) is 16.8. The Bertz CT molecular complexity index is 872. The van der Waals surface area contributed by atoms with Crippen LogP contribution in [0.15, 0.2) is 24.3 Å². The van der Waals surface area contributed by atoms with Gasteiger partial charge < -0.3 is 35.7 Å². The van der Waals surface area contributed by atoms with Crippen molar-refractivity contribution in [3.05, 3.63) is 29.8 Å². The Labute approximate surface area is 234 Å². The van der Waals surface area contributed by atoms with Gasteiger partial charge in [0.05, 0.1) is 18.3 Å². The normalized spacial score (nSPS) is 16.9. The van der Waals surface area contributed by atoms with Crippen LogP contribution in [0.5, 0.6) is 5.75 Å². The van der Waals surface area contributed by atoms with Gasteiger partial charge in [0, 0.05) is 51.5 Å². The Morgan fingerprint density at radius 3 is 2.44 bits per heavy atom. The first kappa shape index (κ1) is 33.0. The topological polar surface area (TPSA) is 132 Å². The third-order valence-corrected chi connectivity index (χ3v) is 7.97. The van der Waals surface area contributed by atoms with E-state index in [-0.39, 0.29) is 36.1 Å². The lowest BCUT2D eigenvalue weighted by molar-refractivity contribution is -0.134. The molecule has 2 rings (SSSR count). The van der Waals surface area contributed by atoms with Gasteiger partial charge in [-0.05, 0) is 62.0 Å². The van der Waals surface area contributed by atoms with Crippen molar-refractivity contribution < 1.29 is 28.9 Å². The molecule has 0 aliphatic carbocycles. The Morgan fingerprint density at radius 1 is 1.10 bits per heavy atom. The second-order valence-electron chi connectivity index (χ2n) is 11.5. The van der Waals surface area contributed by atoms with Crippen LogP contribution in [-0.2, 0) is 14.3 Å². The molecule has 0 aromatic heterocycles. The van der Waals surface area contributed by atoms with Crippen LogP contribution in [0.3, 0.4) is 0 Å². The fraction of sp³-hybridized carbons (Fsp3) is 0.733. The number of rotatable bonds is 17. The molecule has 1 fully saturated rings. The number of para-hydroxylation sites is 1. The Morgan fingerprint density at radius 2 is 1.77 bits per heavy atom. The minimum absolute atomic E-state index is 0.0510. The summed E-state index contributed by atoms with van der Waals surface area (Å²) in [5.74, 6) is 0.808. The van der Waals surface area contributed by atoms with Crippen LogP contribution < -0.4 is 21.1 Å². The summed E-state index contributed by atoms with van der Waals surface area (Å²) >= 11 is 0. The van der Waals surface area contributed by atoms with Crippen LogP contribution in [0.1, 0.15) is 70.2 Å². The van der Waals surface area contributed by atoms with Crippen molar-refractivity contribution in [2.75, 3.05) is 46.6 Å². The average molecular weight is 550 g/mol. The predicted octanol–water partition coefficient (Wildman–Crippen LogP) is 3.14. The fourth-order valence-corrected chi connectivity index (χ4v) is 4.91. The summed E-state index contributed by atoms with van der Waals surface area (Å²) in [4.78, 5) is 25.9. The third-order valence-electron chi connectivity index (χ3n) is 7.97. The number of methoxy groups -OCH3 is 1. The summed E-state index contributed by atoms with van der Waals surface area (Å²) in [7, 11) is 1.67. The minimum atomic E-state index is -0.886. The lowest BCUT2D eigenvalue weighted by Gasteiger charge is -2.36. The van der Waals surface area contributed by atoms with E-state index in [2.05, 4.69) is 24.5 Å². The lowest BCUT2D eigenvalue weighted by atomic mass is 9.74. The van der Waals surface area contributed by atoms with Crippen molar-refractivity contribution >= 4 is 11.8 Å². The summed E-state index contributed by atoms with van der Waals surface area (Å²) in [6, 6.07) is 6.68. The Hall–Kier alpha value is -2.20. The molecule has 0 bridgehead atoms. The highest BCUT2D eigenvalue weighted by atomic mass is 16.5. The maximum Gasteiger partial charge on any atom is 0.255 e. The van der Waals surface area contributed by atoms with Gasteiger partial charge in [-0.15, -0.1) is 0 Å². The number of nitrogens with one attached hydrogen (secondary N) is 2. The molecular formula is C30H51N3O6. The van der Waals surface area contributed by atoms with Gasteiger partial charge in [-0.1, -0.05) is 39.8 Å². The van der Waals surface area contributed by atoms with E-state index in [9.17, 15) is 14.7 Å². The van der Waals surface area contributed by atoms with E-state index in [0.717, 1.165) is 25.7 Å². The molecule has 1 aromatic rings. The van der Waals surface area contributed by atoms with Crippen LogP contribution in [0.2, 0.25) is 0 Å². The molecule has 9 heteroatoms. The smallest absolute Gasteiger partial charge is 0.255 e. The standard InChI is InChI=1S/C30H51N3O6/c1-21(2)22(19-32-28(35)24-10-6-7-11-27(24)39-15-9-8-14-37-5)18-25(31)26(34)20-33-29(36)30(3,4)23-12-16-38-17-13-23/h6-7,10-11,21-23,25-26,34H,8-9,12-20,31H2,1-5H3,(H,32,35)(H,33,36)/t22-,25+,26+/m1/s1. The van der Waals surface area contributed by atoms with Crippen molar-refractivity contribution in [3.63, 3.8) is 0 Å². The summed E-state index contributed by atoms with van der Waals surface area (Å²) in [6.45, 7) is 11.1. The molecule has 1 saturated heterocycles. The van der Waals surface area contributed by atoms with E-state index in [1.807, 2.05) is 26.0 Å². The quantitative estimate of drug-likeness (QED) is 0.220. The SMILES string of the molecule is COCCCCOc1ccccc1C(=O)NC[C@@H](C[C@H](N)[C@@H](O)CNC(=O)C(C)(C)C1CCOCC1)C(C)C. The van der Waals surface area contributed by atoms with Gasteiger partial charge in [0.2, 0.25) is 5.91 Å². The molecular weight excluding hydrogens is 498 g/mol. The van der Waals surface area contributed by atoms with Crippen LogP contribution in [-0.4, -0.2) is 75.7 Å². The van der Waals surface area contributed by atoms with E-state index in [4.69, 9.17) is 19.9 Å². The largest absolute Gasteiger partial charge is 0.493 e. The van der Waals surface area contributed by atoms with Gasteiger partial charge in [-0.3, -0.25) is 9.59 Å². The van der Waals surface area contributed by atoms with Crippen LogP contribution in [0.4, 0.5) is 0 Å². The van der Waals surface area contributed by atoms with E-state index < -0.39 is 17.6 Å². The zero-order valence-electron chi connectivity index (χ0n) is 24.5. The zero-order chi connectivity index (χ0) is 28.8. The van der Waals surface area contributed by atoms with Crippen molar-refractivity contribution in [1.29, 1.82) is 0 Å². The number of aliphatic hydroxyl groups excluding tert-OH is 1. The Balaban J connectivity index is 1.85. The van der Waals surface area contributed by atoms with E-state index in [0.29, 0.717) is 50.7 Å². The molecule has 1 aliphatic heterocycles. The molecule has 9 nitrogen and oxygen atoms in total. The zero-order valence-corrected chi connectivity index (χ0v) is 24.5. The number of benzene rings is 1. The summed E-state index contributed by atoms with van der Waals surface area (Å²) in [5, 5.41) is 16.7. The van der Waals surface area contributed by atoms with Gasteiger partial charge in [0.25, 0.3) is 5.91 Å². The molecule has 39 heavy (non-hydrogen) atoms. The van der Waals surface area contributed by atoms with Crippen molar-refractivity contribution in [3.8, 4) is 5.75 Å². The van der Waals surface area contributed by atoms with Crippen LogP contribution in [0.25, 0.3) is 0 Å². The second-order valence-corrected chi connectivity index (χ2v) is 11.5. The molecule has 0 spiro atoms. The lowest BCUT2D eigenvalue weighted by Crippen LogP contribution is -2.50. The molecule has 1 aliphatic rings. The highest BCUT2D eigenvalue weighted by Crippen LogP contribution is 2.34. The highest BCUT2D eigenvalue weighted by Gasteiger charge is 2.37. The van der Waals surface area contributed by atoms with Gasteiger partial charge in [0.15, 0.2) is 0 Å². The van der Waals surface area contributed by atoms with E-state index >= 15 is 0 Å². The maximum absolute atomic E-state index is 13.0. The average Bonchev–Trinajstić information content (AvgIpc) is 2.93. The van der Waals surface area contributed by atoms with E-state index in [1.54, 1.807) is 19.2 Å². The molecule has 0 saturated carbocycles. The summed E-state index contributed by atoms with van der Waals surface area (Å²) in [5.41, 5.74) is 6.32. The number of hydrogen-bond donors (Lipinski definition) is 4. The number of carbonyl (C=O) groups is 2. The fourth-order valence-electron chi connectivity index (χ4n) is 4.91. The van der Waals surface area contributed by atoms with Gasteiger partial charge in [-0.2, -0.15) is 0 Å². The number of hydrogen-bond acceptors (Lipinski definition) is 7. The number of amides is 2. The monoisotopic (exact) mass is 549 g/mol. The highest BCUT2D eigenvalue weighted by molar-refractivity contribution is 5.96.